The summed E-state index contributed by atoms with van der Waals surface area (Å²) in [5.74, 6) is -0.0112. The fourth-order valence-electron chi connectivity index (χ4n) is 2.21. The van der Waals surface area contributed by atoms with E-state index >= 15 is 0 Å². The first-order valence-corrected chi connectivity index (χ1v) is 7.50. The lowest BCUT2D eigenvalue weighted by molar-refractivity contribution is 0.0710. The number of ether oxygens (including phenoxy) is 1. The van der Waals surface area contributed by atoms with Crippen molar-refractivity contribution in [3.8, 4) is 0 Å². The van der Waals surface area contributed by atoms with Crippen LogP contribution in [0.25, 0.3) is 0 Å². The quantitative estimate of drug-likeness (QED) is 0.851. The maximum atomic E-state index is 12.2. The number of benzene rings is 1. The Kier molecular flexibility index (Phi) is 4.66. The Morgan fingerprint density at radius 1 is 1.50 bits per heavy atom. The van der Waals surface area contributed by atoms with Crippen LogP contribution in [0.2, 0.25) is 0 Å². The van der Waals surface area contributed by atoms with Gasteiger partial charge < -0.3 is 10.1 Å². The van der Waals surface area contributed by atoms with Gasteiger partial charge in [-0.05, 0) is 38.2 Å². The van der Waals surface area contributed by atoms with E-state index in [0.717, 1.165) is 29.9 Å². The SMILES string of the molecule is CSc1ccccc1C(=O)NC(C)C1CCCO1. The van der Waals surface area contributed by atoms with Gasteiger partial charge in [-0.1, -0.05) is 12.1 Å². The molecule has 1 amide bonds. The van der Waals surface area contributed by atoms with E-state index in [1.807, 2.05) is 37.4 Å². The van der Waals surface area contributed by atoms with Crippen molar-refractivity contribution in [2.24, 2.45) is 0 Å². The first kappa shape index (κ1) is 13.4. The summed E-state index contributed by atoms with van der Waals surface area (Å²) in [5.41, 5.74) is 0.745. The van der Waals surface area contributed by atoms with Crippen LogP contribution in [-0.4, -0.2) is 30.9 Å². The Labute approximate surface area is 112 Å². The molecule has 2 atom stereocenters. The molecule has 4 heteroatoms. The number of hydrogen-bond acceptors (Lipinski definition) is 3. The fraction of sp³-hybridized carbons (Fsp3) is 0.500. The van der Waals surface area contributed by atoms with Crippen LogP contribution in [0, 0.1) is 0 Å². The summed E-state index contributed by atoms with van der Waals surface area (Å²) < 4.78 is 5.59. The molecule has 1 aliphatic rings. The summed E-state index contributed by atoms with van der Waals surface area (Å²) in [6, 6.07) is 7.74. The monoisotopic (exact) mass is 265 g/mol. The smallest absolute Gasteiger partial charge is 0.252 e. The number of amides is 1. The van der Waals surface area contributed by atoms with Crippen LogP contribution in [-0.2, 0) is 4.74 Å². The third kappa shape index (κ3) is 3.06. The lowest BCUT2D eigenvalue weighted by atomic mass is 10.1. The Morgan fingerprint density at radius 2 is 2.28 bits per heavy atom. The lowest BCUT2D eigenvalue weighted by Crippen LogP contribution is -2.41. The average molecular weight is 265 g/mol. The van der Waals surface area contributed by atoms with Crippen LogP contribution in [0.5, 0.6) is 0 Å². The summed E-state index contributed by atoms with van der Waals surface area (Å²) in [7, 11) is 0. The van der Waals surface area contributed by atoms with Gasteiger partial charge in [0.25, 0.3) is 5.91 Å². The minimum atomic E-state index is -0.0112. The van der Waals surface area contributed by atoms with Crippen molar-refractivity contribution in [2.45, 2.75) is 36.8 Å². The second-order valence-corrected chi connectivity index (χ2v) is 5.36. The first-order chi connectivity index (χ1) is 8.72. The third-order valence-corrected chi connectivity index (χ3v) is 4.03. The van der Waals surface area contributed by atoms with Crippen LogP contribution >= 0.6 is 11.8 Å². The maximum absolute atomic E-state index is 12.2. The van der Waals surface area contributed by atoms with Crippen molar-refractivity contribution in [2.75, 3.05) is 12.9 Å². The van der Waals surface area contributed by atoms with Crippen molar-refractivity contribution < 1.29 is 9.53 Å². The minimum absolute atomic E-state index is 0.0112. The summed E-state index contributed by atoms with van der Waals surface area (Å²) in [6.07, 6.45) is 4.27. The van der Waals surface area contributed by atoms with Crippen molar-refractivity contribution >= 4 is 17.7 Å². The van der Waals surface area contributed by atoms with Gasteiger partial charge in [0.05, 0.1) is 17.7 Å². The number of carbonyl (C=O) groups excluding carboxylic acids is 1. The predicted molar refractivity (Wildman–Crippen MR) is 74.1 cm³/mol. The number of rotatable bonds is 4. The van der Waals surface area contributed by atoms with E-state index in [-0.39, 0.29) is 18.1 Å². The molecule has 1 aromatic carbocycles. The van der Waals surface area contributed by atoms with Crippen LogP contribution < -0.4 is 5.32 Å². The molecule has 0 radical (unpaired) electrons. The van der Waals surface area contributed by atoms with Gasteiger partial charge in [-0.2, -0.15) is 0 Å². The molecule has 98 valence electrons. The van der Waals surface area contributed by atoms with Crippen molar-refractivity contribution in [3.05, 3.63) is 29.8 Å². The van der Waals surface area contributed by atoms with Crippen molar-refractivity contribution in [1.82, 2.24) is 5.32 Å². The normalized spacial score (nSPS) is 20.7. The Morgan fingerprint density at radius 3 is 2.94 bits per heavy atom. The Balaban J connectivity index is 2.02. The van der Waals surface area contributed by atoms with Gasteiger partial charge in [0, 0.05) is 11.5 Å². The fourth-order valence-corrected chi connectivity index (χ4v) is 2.80. The Bertz CT molecular complexity index is 416. The van der Waals surface area contributed by atoms with E-state index in [9.17, 15) is 4.79 Å². The highest BCUT2D eigenvalue weighted by atomic mass is 32.2. The van der Waals surface area contributed by atoms with E-state index < -0.39 is 0 Å². The molecule has 1 N–H and O–H groups in total. The highest BCUT2D eigenvalue weighted by Crippen LogP contribution is 2.21. The van der Waals surface area contributed by atoms with Gasteiger partial charge in [-0.3, -0.25) is 4.79 Å². The third-order valence-electron chi connectivity index (χ3n) is 3.23. The molecule has 2 rings (SSSR count). The zero-order valence-corrected chi connectivity index (χ0v) is 11.6. The second-order valence-electron chi connectivity index (χ2n) is 4.51. The number of carbonyl (C=O) groups is 1. The molecule has 0 saturated carbocycles. The van der Waals surface area contributed by atoms with Gasteiger partial charge in [-0.25, -0.2) is 0 Å². The molecule has 3 nitrogen and oxygen atoms in total. The molecule has 1 aliphatic heterocycles. The van der Waals surface area contributed by atoms with Crippen molar-refractivity contribution in [1.29, 1.82) is 0 Å². The average Bonchev–Trinajstić information content (AvgIpc) is 2.92. The summed E-state index contributed by atoms with van der Waals surface area (Å²) in [4.78, 5) is 13.2. The minimum Gasteiger partial charge on any atom is -0.376 e. The molecular weight excluding hydrogens is 246 g/mol. The molecular formula is C14H19NO2S. The predicted octanol–water partition coefficient (Wildman–Crippen LogP) is 2.71. The van der Waals surface area contributed by atoms with Gasteiger partial charge >= 0.3 is 0 Å². The van der Waals surface area contributed by atoms with Crippen LogP contribution in [0.4, 0.5) is 0 Å². The second kappa shape index (κ2) is 6.25. The first-order valence-electron chi connectivity index (χ1n) is 6.28. The van der Waals surface area contributed by atoms with Crippen molar-refractivity contribution in [3.63, 3.8) is 0 Å². The van der Waals surface area contributed by atoms with E-state index in [1.165, 1.54) is 0 Å². The number of thioether (sulfide) groups is 1. The van der Waals surface area contributed by atoms with Crippen LogP contribution in [0.3, 0.4) is 0 Å². The van der Waals surface area contributed by atoms with Gasteiger partial charge in [0.1, 0.15) is 0 Å². The molecule has 0 bridgehead atoms. The number of hydrogen-bond donors (Lipinski definition) is 1. The molecule has 1 aromatic rings. The highest BCUT2D eigenvalue weighted by Gasteiger charge is 2.24. The van der Waals surface area contributed by atoms with Crippen LogP contribution in [0.15, 0.2) is 29.2 Å². The standard InChI is InChI=1S/C14H19NO2S/c1-10(12-7-5-9-17-12)15-14(16)11-6-3-4-8-13(11)18-2/h3-4,6,8,10,12H,5,7,9H2,1-2H3,(H,15,16). The van der Waals surface area contributed by atoms with E-state index in [2.05, 4.69) is 5.32 Å². The molecule has 0 aliphatic carbocycles. The lowest BCUT2D eigenvalue weighted by Gasteiger charge is -2.20. The van der Waals surface area contributed by atoms with Gasteiger partial charge in [-0.15, -0.1) is 11.8 Å². The van der Waals surface area contributed by atoms with Crippen LogP contribution in [0.1, 0.15) is 30.1 Å². The molecule has 1 fully saturated rings. The van der Waals surface area contributed by atoms with Gasteiger partial charge in [0.15, 0.2) is 0 Å². The van der Waals surface area contributed by atoms with E-state index in [1.54, 1.807) is 11.8 Å². The zero-order valence-electron chi connectivity index (χ0n) is 10.8. The van der Waals surface area contributed by atoms with E-state index in [0.29, 0.717) is 0 Å². The summed E-state index contributed by atoms with van der Waals surface area (Å²) in [6.45, 7) is 2.82. The maximum Gasteiger partial charge on any atom is 0.252 e. The topological polar surface area (TPSA) is 38.3 Å². The molecule has 1 saturated heterocycles. The highest BCUT2D eigenvalue weighted by molar-refractivity contribution is 7.98. The van der Waals surface area contributed by atoms with Gasteiger partial charge in [0.2, 0.25) is 0 Å². The Hall–Kier alpha value is -1.00. The van der Waals surface area contributed by atoms with E-state index in [4.69, 9.17) is 4.74 Å². The largest absolute Gasteiger partial charge is 0.376 e. The molecule has 0 spiro atoms. The molecule has 18 heavy (non-hydrogen) atoms. The summed E-state index contributed by atoms with van der Waals surface area (Å²) in [5, 5.41) is 3.04. The number of nitrogens with one attached hydrogen (secondary N) is 1. The molecule has 0 aromatic heterocycles. The summed E-state index contributed by atoms with van der Waals surface area (Å²) >= 11 is 1.59. The molecule has 1 heterocycles. The zero-order chi connectivity index (χ0) is 13.0. The molecule has 2 unspecified atom stereocenters.